The lowest BCUT2D eigenvalue weighted by Gasteiger charge is -2.20. The fraction of sp³-hybridized carbons (Fsp3) is 0.923. The summed E-state index contributed by atoms with van der Waals surface area (Å²) in [7, 11) is 0. The summed E-state index contributed by atoms with van der Waals surface area (Å²) in [6.07, 6.45) is 1.51. The average Bonchev–Trinajstić information content (AvgIpc) is 2.06. The summed E-state index contributed by atoms with van der Waals surface area (Å²) >= 11 is 0. The van der Waals surface area contributed by atoms with E-state index >= 15 is 0 Å². The van der Waals surface area contributed by atoms with Crippen LogP contribution in [-0.4, -0.2) is 24.7 Å². The number of carbonyl (C=O) groups excluding carboxylic acids is 1. The van der Waals surface area contributed by atoms with Gasteiger partial charge in [0.1, 0.15) is 0 Å². The van der Waals surface area contributed by atoms with Crippen LogP contribution in [-0.2, 0) is 9.53 Å². The van der Waals surface area contributed by atoms with Crippen molar-refractivity contribution < 1.29 is 9.53 Å². The zero-order valence-corrected chi connectivity index (χ0v) is 11.6. The maximum atomic E-state index is 11.4. The molecular weight excluding hydrogens is 202 g/mol. The van der Waals surface area contributed by atoms with Crippen molar-refractivity contribution in [2.24, 2.45) is 5.41 Å². The number of rotatable bonds is 5. The number of ether oxygens (including phenoxy) is 1. The van der Waals surface area contributed by atoms with Gasteiger partial charge < -0.3 is 10.1 Å². The van der Waals surface area contributed by atoms with E-state index in [0.717, 1.165) is 6.42 Å². The van der Waals surface area contributed by atoms with Gasteiger partial charge in [0, 0.05) is 13.0 Å². The molecule has 0 aliphatic carbocycles. The van der Waals surface area contributed by atoms with Crippen LogP contribution in [0.15, 0.2) is 0 Å². The first kappa shape index (κ1) is 15.4. The molecule has 96 valence electrons. The molecule has 0 bridgehead atoms. The molecule has 0 aromatic heterocycles. The second-order valence-corrected chi connectivity index (χ2v) is 6.37. The fourth-order valence-corrected chi connectivity index (χ4v) is 1.12. The second kappa shape index (κ2) is 6.24. The highest BCUT2D eigenvalue weighted by molar-refractivity contribution is 5.75. The first-order chi connectivity index (χ1) is 7.10. The van der Waals surface area contributed by atoms with Gasteiger partial charge in [-0.15, -0.1) is 0 Å². The van der Waals surface area contributed by atoms with E-state index in [-0.39, 0.29) is 16.9 Å². The van der Waals surface area contributed by atoms with E-state index in [1.807, 2.05) is 20.8 Å². The lowest BCUT2D eigenvalue weighted by molar-refractivity contribution is -0.122. The lowest BCUT2D eigenvalue weighted by atomic mass is 9.90. The highest BCUT2D eigenvalue weighted by Crippen LogP contribution is 2.20. The minimum atomic E-state index is -0.129. The number of hydrogen-bond donors (Lipinski definition) is 1. The van der Waals surface area contributed by atoms with Gasteiger partial charge in [-0.3, -0.25) is 4.79 Å². The van der Waals surface area contributed by atoms with Crippen molar-refractivity contribution in [1.29, 1.82) is 0 Å². The molecule has 16 heavy (non-hydrogen) atoms. The quantitative estimate of drug-likeness (QED) is 0.736. The number of amides is 1. The number of carbonyl (C=O) groups is 1. The third-order valence-electron chi connectivity index (χ3n) is 2.06. The lowest BCUT2D eigenvalue weighted by Crippen LogP contribution is -2.31. The molecule has 0 aromatic carbocycles. The number of nitrogens with one attached hydrogen (secondary N) is 1. The molecule has 3 heteroatoms. The Bertz CT molecular complexity index is 211. The van der Waals surface area contributed by atoms with E-state index < -0.39 is 0 Å². The SMILES string of the molecule is CC(C)(C)CCC(=O)NCCOC(C)(C)C. The standard InChI is InChI=1S/C13H27NO2/c1-12(2,3)8-7-11(15)14-9-10-16-13(4,5)6/h7-10H2,1-6H3,(H,14,15). The minimum absolute atomic E-state index is 0.118. The molecule has 0 aliphatic heterocycles. The minimum Gasteiger partial charge on any atom is -0.374 e. The summed E-state index contributed by atoms with van der Waals surface area (Å²) in [5, 5.41) is 2.86. The van der Waals surface area contributed by atoms with Gasteiger partial charge in [-0.2, -0.15) is 0 Å². The van der Waals surface area contributed by atoms with Crippen molar-refractivity contribution in [3.8, 4) is 0 Å². The molecule has 1 N–H and O–H groups in total. The van der Waals surface area contributed by atoms with E-state index in [0.29, 0.717) is 19.6 Å². The first-order valence-corrected chi connectivity index (χ1v) is 6.01. The van der Waals surface area contributed by atoms with Crippen molar-refractivity contribution in [1.82, 2.24) is 5.32 Å². The van der Waals surface area contributed by atoms with Crippen molar-refractivity contribution in [3.05, 3.63) is 0 Å². The van der Waals surface area contributed by atoms with E-state index in [9.17, 15) is 4.79 Å². The molecule has 0 aliphatic rings. The van der Waals surface area contributed by atoms with Gasteiger partial charge in [0.25, 0.3) is 0 Å². The van der Waals surface area contributed by atoms with Gasteiger partial charge in [-0.25, -0.2) is 0 Å². The van der Waals surface area contributed by atoms with Crippen LogP contribution in [0.5, 0.6) is 0 Å². The summed E-state index contributed by atoms with van der Waals surface area (Å²) in [6.45, 7) is 13.6. The van der Waals surface area contributed by atoms with Crippen molar-refractivity contribution in [2.75, 3.05) is 13.2 Å². The normalized spacial score (nSPS) is 12.6. The molecule has 0 saturated heterocycles. The second-order valence-electron chi connectivity index (χ2n) is 6.37. The van der Waals surface area contributed by atoms with E-state index in [4.69, 9.17) is 4.74 Å². The molecular formula is C13H27NO2. The largest absolute Gasteiger partial charge is 0.374 e. The summed E-state index contributed by atoms with van der Waals surface area (Å²) < 4.78 is 5.51. The molecule has 0 unspecified atom stereocenters. The van der Waals surface area contributed by atoms with Crippen LogP contribution in [0.2, 0.25) is 0 Å². The smallest absolute Gasteiger partial charge is 0.220 e. The molecule has 3 nitrogen and oxygen atoms in total. The zero-order chi connectivity index (χ0) is 12.8. The Morgan fingerprint density at radius 1 is 1.12 bits per heavy atom. The van der Waals surface area contributed by atoms with Crippen LogP contribution in [0.25, 0.3) is 0 Å². The fourth-order valence-electron chi connectivity index (χ4n) is 1.12. The van der Waals surface area contributed by atoms with Crippen molar-refractivity contribution in [2.45, 2.75) is 60.0 Å². The van der Waals surface area contributed by atoms with Crippen LogP contribution < -0.4 is 5.32 Å². The molecule has 0 atom stereocenters. The van der Waals surface area contributed by atoms with E-state index in [1.54, 1.807) is 0 Å². The van der Waals surface area contributed by atoms with Crippen molar-refractivity contribution >= 4 is 5.91 Å². The predicted octanol–water partition coefficient (Wildman–Crippen LogP) is 2.74. The monoisotopic (exact) mass is 229 g/mol. The molecule has 0 fully saturated rings. The zero-order valence-electron chi connectivity index (χ0n) is 11.6. The molecule has 0 heterocycles. The molecule has 1 amide bonds. The van der Waals surface area contributed by atoms with Gasteiger partial charge in [0.15, 0.2) is 0 Å². The van der Waals surface area contributed by atoms with Crippen LogP contribution in [0.4, 0.5) is 0 Å². The van der Waals surface area contributed by atoms with Crippen molar-refractivity contribution in [3.63, 3.8) is 0 Å². The van der Waals surface area contributed by atoms with Gasteiger partial charge in [0.2, 0.25) is 5.91 Å². The predicted molar refractivity (Wildman–Crippen MR) is 67.4 cm³/mol. The molecule has 0 radical (unpaired) electrons. The highest BCUT2D eigenvalue weighted by atomic mass is 16.5. The Labute approximate surface area is 99.9 Å². The van der Waals surface area contributed by atoms with Crippen LogP contribution in [0.1, 0.15) is 54.4 Å². The topological polar surface area (TPSA) is 38.3 Å². The van der Waals surface area contributed by atoms with Crippen LogP contribution in [0.3, 0.4) is 0 Å². The van der Waals surface area contributed by atoms with Crippen LogP contribution in [0, 0.1) is 5.41 Å². The third kappa shape index (κ3) is 11.5. The molecule has 0 rings (SSSR count). The Hall–Kier alpha value is -0.570. The van der Waals surface area contributed by atoms with E-state index in [2.05, 4.69) is 26.1 Å². The molecule has 0 spiro atoms. The van der Waals surface area contributed by atoms with Gasteiger partial charge in [-0.1, -0.05) is 20.8 Å². The summed E-state index contributed by atoms with van der Waals surface area (Å²) in [4.78, 5) is 11.4. The summed E-state index contributed by atoms with van der Waals surface area (Å²) in [5.74, 6) is 0.118. The average molecular weight is 229 g/mol. The maximum absolute atomic E-state index is 11.4. The van der Waals surface area contributed by atoms with E-state index in [1.165, 1.54) is 0 Å². The Morgan fingerprint density at radius 3 is 2.12 bits per heavy atom. The number of hydrogen-bond acceptors (Lipinski definition) is 2. The van der Waals surface area contributed by atoms with Crippen LogP contribution >= 0.6 is 0 Å². The third-order valence-corrected chi connectivity index (χ3v) is 2.06. The Morgan fingerprint density at radius 2 is 1.69 bits per heavy atom. The summed E-state index contributed by atoms with van der Waals surface area (Å²) in [6, 6.07) is 0. The Kier molecular flexibility index (Phi) is 6.01. The Balaban J connectivity index is 3.52. The van der Waals surface area contributed by atoms with Gasteiger partial charge in [0.05, 0.1) is 12.2 Å². The van der Waals surface area contributed by atoms with Gasteiger partial charge in [-0.05, 0) is 32.6 Å². The summed E-state index contributed by atoms with van der Waals surface area (Å²) in [5.41, 5.74) is 0.0926. The molecule has 0 aromatic rings. The first-order valence-electron chi connectivity index (χ1n) is 6.01. The highest BCUT2D eigenvalue weighted by Gasteiger charge is 2.13. The molecule has 0 saturated carbocycles. The van der Waals surface area contributed by atoms with Gasteiger partial charge >= 0.3 is 0 Å². The maximum Gasteiger partial charge on any atom is 0.220 e.